The van der Waals surface area contributed by atoms with E-state index in [0.717, 1.165) is 0 Å². The minimum Gasteiger partial charge on any atom is -0.494 e. The number of para-hydroxylation sites is 2. The van der Waals surface area contributed by atoms with Crippen LogP contribution in [0.2, 0.25) is 0 Å². The maximum Gasteiger partial charge on any atom is 0.265 e. The normalized spacial score (nSPS) is 10.7. The van der Waals surface area contributed by atoms with Gasteiger partial charge in [-0.15, -0.1) is 0 Å². The lowest BCUT2D eigenvalue weighted by molar-refractivity contribution is 0.102. The average molecular weight is 445 g/mol. The molecule has 0 atom stereocenters. The van der Waals surface area contributed by atoms with Crippen LogP contribution in [-0.4, -0.2) is 36.8 Å². The summed E-state index contributed by atoms with van der Waals surface area (Å²) in [5.74, 6) is 1.32. The van der Waals surface area contributed by atoms with E-state index in [1.807, 2.05) is 6.07 Å². The van der Waals surface area contributed by atoms with Crippen LogP contribution in [0.25, 0.3) is 16.6 Å². The largest absolute Gasteiger partial charge is 0.494 e. The number of ether oxygens (including phenoxy) is 3. The highest BCUT2D eigenvalue weighted by atomic mass is 16.5. The molecule has 8 nitrogen and oxygen atoms in total. The second-order valence-corrected chi connectivity index (χ2v) is 7.20. The topological polar surface area (TPSA) is 91.7 Å². The van der Waals surface area contributed by atoms with Crippen molar-refractivity contribution in [3.05, 3.63) is 82.4 Å². The van der Waals surface area contributed by atoms with Gasteiger partial charge in [-0.05, 0) is 43.3 Å². The Labute approximate surface area is 190 Å². The van der Waals surface area contributed by atoms with E-state index in [4.69, 9.17) is 14.2 Å². The molecule has 0 saturated carbocycles. The van der Waals surface area contributed by atoms with Gasteiger partial charge < -0.3 is 19.5 Å². The number of amides is 1. The highest BCUT2D eigenvalue weighted by Gasteiger charge is 2.19. The summed E-state index contributed by atoms with van der Waals surface area (Å²) in [4.78, 5) is 30.6. The zero-order valence-corrected chi connectivity index (χ0v) is 18.7. The third kappa shape index (κ3) is 3.98. The van der Waals surface area contributed by atoms with Gasteiger partial charge in [0.05, 0.1) is 49.2 Å². The SMILES string of the molecule is COc1cc(-n2c(C)nc3ccccc3c2=O)ccc1NC(=O)c1cccc(OC)c1OC. The number of aromatic nitrogens is 2. The molecule has 3 aromatic carbocycles. The molecule has 0 fully saturated rings. The van der Waals surface area contributed by atoms with Crippen molar-refractivity contribution in [1.29, 1.82) is 0 Å². The number of hydrogen-bond acceptors (Lipinski definition) is 6. The van der Waals surface area contributed by atoms with Crippen molar-refractivity contribution in [2.75, 3.05) is 26.6 Å². The summed E-state index contributed by atoms with van der Waals surface area (Å²) >= 11 is 0. The predicted octanol–water partition coefficient (Wildman–Crippen LogP) is 3.97. The number of methoxy groups -OCH3 is 3. The van der Waals surface area contributed by atoms with Gasteiger partial charge in [0, 0.05) is 6.07 Å². The highest BCUT2D eigenvalue weighted by Crippen LogP contribution is 2.33. The van der Waals surface area contributed by atoms with Crippen LogP contribution in [0.1, 0.15) is 16.2 Å². The van der Waals surface area contributed by atoms with E-state index in [0.29, 0.717) is 50.9 Å². The lowest BCUT2D eigenvalue weighted by atomic mass is 10.1. The maximum atomic E-state index is 13.1. The Balaban J connectivity index is 1.73. The zero-order valence-electron chi connectivity index (χ0n) is 18.7. The molecule has 4 aromatic rings. The molecule has 1 amide bonds. The van der Waals surface area contributed by atoms with E-state index >= 15 is 0 Å². The van der Waals surface area contributed by atoms with Crippen molar-refractivity contribution in [1.82, 2.24) is 9.55 Å². The molecule has 4 rings (SSSR count). The monoisotopic (exact) mass is 445 g/mol. The smallest absolute Gasteiger partial charge is 0.265 e. The fourth-order valence-corrected chi connectivity index (χ4v) is 3.73. The highest BCUT2D eigenvalue weighted by molar-refractivity contribution is 6.07. The van der Waals surface area contributed by atoms with Gasteiger partial charge in [0.1, 0.15) is 11.6 Å². The number of carbonyl (C=O) groups excluding carboxylic acids is 1. The lowest BCUT2D eigenvalue weighted by Crippen LogP contribution is -2.22. The lowest BCUT2D eigenvalue weighted by Gasteiger charge is -2.16. The van der Waals surface area contributed by atoms with E-state index in [1.54, 1.807) is 61.5 Å². The minimum atomic E-state index is -0.391. The molecule has 0 aliphatic carbocycles. The number of nitrogens with one attached hydrogen (secondary N) is 1. The van der Waals surface area contributed by atoms with Crippen LogP contribution in [0.4, 0.5) is 5.69 Å². The molecular formula is C25H23N3O5. The number of nitrogens with zero attached hydrogens (tertiary/aromatic N) is 2. The van der Waals surface area contributed by atoms with Crippen LogP contribution in [0.3, 0.4) is 0 Å². The van der Waals surface area contributed by atoms with Gasteiger partial charge in [0.15, 0.2) is 11.5 Å². The molecule has 0 spiro atoms. The summed E-state index contributed by atoms with van der Waals surface area (Å²) < 4.78 is 17.7. The summed E-state index contributed by atoms with van der Waals surface area (Å²) in [7, 11) is 4.48. The summed E-state index contributed by atoms with van der Waals surface area (Å²) in [5.41, 5.74) is 1.78. The fourth-order valence-electron chi connectivity index (χ4n) is 3.73. The fraction of sp³-hybridized carbons (Fsp3) is 0.160. The predicted molar refractivity (Wildman–Crippen MR) is 126 cm³/mol. The van der Waals surface area contributed by atoms with Crippen LogP contribution in [0.15, 0.2) is 65.5 Å². The first-order valence-corrected chi connectivity index (χ1v) is 10.2. The van der Waals surface area contributed by atoms with Crippen molar-refractivity contribution in [3.63, 3.8) is 0 Å². The first-order valence-electron chi connectivity index (χ1n) is 10.2. The van der Waals surface area contributed by atoms with Crippen LogP contribution in [0.5, 0.6) is 17.2 Å². The Morgan fingerprint density at radius 1 is 0.909 bits per heavy atom. The number of hydrogen-bond donors (Lipinski definition) is 1. The third-order valence-corrected chi connectivity index (χ3v) is 5.28. The van der Waals surface area contributed by atoms with Gasteiger partial charge in [-0.3, -0.25) is 14.2 Å². The molecule has 8 heteroatoms. The van der Waals surface area contributed by atoms with E-state index in [1.165, 1.54) is 25.9 Å². The summed E-state index contributed by atoms with van der Waals surface area (Å²) in [5, 5.41) is 3.36. The third-order valence-electron chi connectivity index (χ3n) is 5.28. The summed E-state index contributed by atoms with van der Waals surface area (Å²) in [6, 6.07) is 17.3. The second-order valence-electron chi connectivity index (χ2n) is 7.20. The number of rotatable bonds is 6. The van der Waals surface area contributed by atoms with Gasteiger partial charge in [-0.25, -0.2) is 4.98 Å². The van der Waals surface area contributed by atoms with E-state index in [2.05, 4.69) is 10.3 Å². The maximum absolute atomic E-state index is 13.1. The Morgan fingerprint density at radius 2 is 1.67 bits per heavy atom. The van der Waals surface area contributed by atoms with E-state index in [-0.39, 0.29) is 5.56 Å². The molecule has 168 valence electrons. The molecule has 1 N–H and O–H groups in total. The van der Waals surface area contributed by atoms with Crippen molar-refractivity contribution < 1.29 is 19.0 Å². The Hall–Kier alpha value is -4.33. The van der Waals surface area contributed by atoms with Gasteiger partial charge in [0.25, 0.3) is 11.5 Å². The first kappa shape index (κ1) is 21.9. The van der Waals surface area contributed by atoms with Gasteiger partial charge >= 0.3 is 0 Å². The van der Waals surface area contributed by atoms with E-state index in [9.17, 15) is 9.59 Å². The Bertz CT molecular complexity index is 1410. The molecule has 33 heavy (non-hydrogen) atoms. The van der Waals surface area contributed by atoms with Crippen molar-refractivity contribution >= 4 is 22.5 Å². The number of anilines is 1. The van der Waals surface area contributed by atoms with Crippen LogP contribution in [-0.2, 0) is 0 Å². The quantitative estimate of drug-likeness (QED) is 0.483. The van der Waals surface area contributed by atoms with Crippen molar-refractivity contribution in [2.45, 2.75) is 6.92 Å². The standard InChI is InChI=1S/C25H23N3O5/c1-15-26-19-10-6-5-8-17(19)25(30)28(15)16-12-13-20(22(14-16)32-3)27-24(29)18-9-7-11-21(31-2)23(18)33-4/h5-14H,1-4H3,(H,27,29). The molecule has 1 aromatic heterocycles. The minimum absolute atomic E-state index is 0.182. The number of benzene rings is 3. The molecule has 0 saturated heterocycles. The Morgan fingerprint density at radius 3 is 2.39 bits per heavy atom. The zero-order chi connectivity index (χ0) is 23.5. The number of aryl methyl sites for hydroxylation is 1. The first-order chi connectivity index (χ1) is 16.0. The van der Waals surface area contributed by atoms with Gasteiger partial charge in [-0.2, -0.15) is 0 Å². The number of fused-ring (bicyclic) bond motifs is 1. The molecular weight excluding hydrogens is 422 g/mol. The second kappa shape index (κ2) is 9.04. The van der Waals surface area contributed by atoms with Gasteiger partial charge in [0.2, 0.25) is 0 Å². The van der Waals surface area contributed by atoms with Crippen LogP contribution < -0.4 is 25.1 Å². The van der Waals surface area contributed by atoms with Crippen molar-refractivity contribution in [2.24, 2.45) is 0 Å². The van der Waals surface area contributed by atoms with Gasteiger partial charge in [-0.1, -0.05) is 18.2 Å². The van der Waals surface area contributed by atoms with Crippen LogP contribution in [0, 0.1) is 6.92 Å². The van der Waals surface area contributed by atoms with Crippen molar-refractivity contribution in [3.8, 4) is 22.9 Å². The molecule has 0 aliphatic heterocycles. The Kier molecular flexibility index (Phi) is 5.99. The van der Waals surface area contributed by atoms with Crippen LogP contribution >= 0.6 is 0 Å². The van der Waals surface area contributed by atoms with E-state index < -0.39 is 5.91 Å². The summed E-state index contributed by atoms with van der Waals surface area (Å²) in [6.45, 7) is 1.77. The molecule has 1 heterocycles. The average Bonchev–Trinajstić information content (AvgIpc) is 2.84. The summed E-state index contributed by atoms with van der Waals surface area (Å²) in [6.07, 6.45) is 0. The molecule has 0 radical (unpaired) electrons. The number of carbonyl (C=O) groups is 1. The molecule has 0 bridgehead atoms. The molecule has 0 aliphatic rings. The molecule has 0 unspecified atom stereocenters.